The zero-order chi connectivity index (χ0) is 11.5. The number of hydrogen-bond donors (Lipinski definition) is 1. The lowest BCUT2D eigenvalue weighted by Crippen LogP contribution is -2.25. The molecule has 0 aromatic heterocycles. The molecule has 0 aliphatic carbocycles. The second kappa shape index (κ2) is 9.24. The number of alkyl carbamates (subject to hydrolysis) is 1. The number of rotatable bonds is 7. The van der Waals surface area contributed by atoms with Crippen LogP contribution in [0.15, 0.2) is 11.6 Å². The molecule has 0 heterocycles. The van der Waals surface area contributed by atoms with Gasteiger partial charge in [0.2, 0.25) is 0 Å². The average Bonchev–Trinajstić information content (AvgIpc) is 2.18. The standard InChI is InChI=1S/C11H19NO3/c1-3-5-10(2)6-9-15-11(14)12-7-4-8-13/h5,8H,3-4,6-7,9H2,1-2H3,(H,12,14)/b10-5+. The summed E-state index contributed by atoms with van der Waals surface area (Å²) in [5, 5.41) is 2.48. The zero-order valence-electron chi connectivity index (χ0n) is 9.41. The van der Waals surface area contributed by atoms with Gasteiger partial charge in [0.05, 0.1) is 6.61 Å². The van der Waals surface area contributed by atoms with Crippen LogP contribution in [0.4, 0.5) is 4.79 Å². The first kappa shape index (κ1) is 13.7. The SMILES string of the molecule is CC/C=C(\C)CCOC(=O)NCCC=O. The van der Waals surface area contributed by atoms with Crippen molar-refractivity contribution in [2.24, 2.45) is 0 Å². The van der Waals surface area contributed by atoms with E-state index in [-0.39, 0.29) is 0 Å². The Bertz CT molecular complexity index is 224. The van der Waals surface area contributed by atoms with Crippen molar-refractivity contribution in [1.82, 2.24) is 5.32 Å². The summed E-state index contributed by atoms with van der Waals surface area (Å²) >= 11 is 0. The van der Waals surface area contributed by atoms with Crippen LogP contribution in [0.5, 0.6) is 0 Å². The number of hydrogen-bond acceptors (Lipinski definition) is 3. The van der Waals surface area contributed by atoms with Crippen molar-refractivity contribution in [2.75, 3.05) is 13.2 Å². The summed E-state index contributed by atoms with van der Waals surface area (Å²) in [5.41, 5.74) is 1.22. The van der Waals surface area contributed by atoms with Gasteiger partial charge in [-0.2, -0.15) is 0 Å². The molecule has 4 nitrogen and oxygen atoms in total. The Morgan fingerprint density at radius 3 is 2.80 bits per heavy atom. The van der Waals surface area contributed by atoms with Crippen LogP contribution >= 0.6 is 0 Å². The first-order chi connectivity index (χ1) is 7.20. The van der Waals surface area contributed by atoms with E-state index in [2.05, 4.69) is 18.3 Å². The summed E-state index contributed by atoms with van der Waals surface area (Å²) in [5.74, 6) is 0. The molecular weight excluding hydrogens is 194 g/mol. The summed E-state index contributed by atoms with van der Waals surface area (Å²) in [7, 11) is 0. The Balaban J connectivity index is 3.46. The number of ether oxygens (including phenoxy) is 1. The Morgan fingerprint density at radius 2 is 2.20 bits per heavy atom. The minimum absolute atomic E-state index is 0.323. The molecule has 0 atom stereocenters. The molecular formula is C11H19NO3. The maximum absolute atomic E-state index is 11.0. The van der Waals surface area contributed by atoms with Crippen molar-refractivity contribution in [3.63, 3.8) is 0 Å². The van der Waals surface area contributed by atoms with Gasteiger partial charge in [0.25, 0.3) is 0 Å². The van der Waals surface area contributed by atoms with E-state index in [1.54, 1.807) is 0 Å². The topological polar surface area (TPSA) is 55.4 Å². The van der Waals surface area contributed by atoms with E-state index in [1.807, 2.05) is 6.92 Å². The van der Waals surface area contributed by atoms with Crippen LogP contribution in [0, 0.1) is 0 Å². The molecule has 86 valence electrons. The van der Waals surface area contributed by atoms with Crippen LogP contribution in [0.3, 0.4) is 0 Å². The third-order valence-corrected chi connectivity index (χ3v) is 1.81. The van der Waals surface area contributed by atoms with E-state index in [0.717, 1.165) is 19.1 Å². The summed E-state index contributed by atoms with van der Waals surface area (Å²) < 4.78 is 4.90. The van der Waals surface area contributed by atoms with Crippen molar-refractivity contribution in [3.05, 3.63) is 11.6 Å². The minimum Gasteiger partial charge on any atom is -0.449 e. The lowest BCUT2D eigenvalue weighted by atomic mass is 10.2. The van der Waals surface area contributed by atoms with E-state index < -0.39 is 6.09 Å². The predicted octanol–water partition coefficient (Wildman–Crippen LogP) is 2.05. The van der Waals surface area contributed by atoms with E-state index in [0.29, 0.717) is 19.6 Å². The van der Waals surface area contributed by atoms with Gasteiger partial charge in [-0.3, -0.25) is 0 Å². The molecule has 0 radical (unpaired) electrons. The molecule has 0 rings (SSSR count). The van der Waals surface area contributed by atoms with Crippen molar-refractivity contribution < 1.29 is 14.3 Å². The Kier molecular flexibility index (Phi) is 8.43. The van der Waals surface area contributed by atoms with Crippen molar-refractivity contribution >= 4 is 12.4 Å². The van der Waals surface area contributed by atoms with Crippen LogP contribution in [0.25, 0.3) is 0 Å². The largest absolute Gasteiger partial charge is 0.449 e. The van der Waals surface area contributed by atoms with Gasteiger partial charge in [-0.05, 0) is 13.3 Å². The lowest BCUT2D eigenvalue weighted by Gasteiger charge is -2.05. The maximum atomic E-state index is 11.0. The highest BCUT2D eigenvalue weighted by Crippen LogP contribution is 2.01. The molecule has 0 aromatic rings. The van der Waals surface area contributed by atoms with Gasteiger partial charge in [0.1, 0.15) is 6.29 Å². The smallest absolute Gasteiger partial charge is 0.407 e. The molecule has 1 amide bonds. The Hall–Kier alpha value is -1.32. The fourth-order valence-electron chi connectivity index (χ4n) is 1.04. The first-order valence-corrected chi connectivity index (χ1v) is 5.20. The molecule has 15 heavy (non-hydrogen) atoms. The number of nitrogens with one attached hydrogen (secondary N) is 1. The summed E-state index contributed by atoms with van der Waals surface area (Å²) in [4.78, 5) is 21.0. The Labute approximate surface area is 90.7 Å². The van der Waals surface area contributed by atoms with Crippen LogP contribution < -0.4 is 5.32 Å². The van der Waals surface area contributed by atoms with Crippen molar-refractivity contribution in [2.45, 2.75) is 33.1 Å². The van der Waals surface area contributed by atoms with Crippen LogP contribution in [0.1, 0.15) is 33.1 Å². The first-order valence-electron chi connectivity index (χ1n) is 5.20. The molecule has 0 unspecified atom stereocenters. The molecule has 1 N–H and O–H groups in total. The van der Waals surface area contributed by atoms with Gasteiger partial charge in [0, 0.05) is 19.4 Å². The highest BCUT2D eigenvalue weighted by molar-refractivity contribution is 5.67. The second-order valence-electron chi connectivity index (χ2n) is 3.23. The third kappa shape index (κ3) is 9.00. The van der Waals surface area contributed by atoms with Crippen molar-refractivity contribution in [3.8, 4) is 0 Å². The third-order valence-electron chi connectivity index (χ3n) is 1.81. The van der Waals surface area contributed by atoms with Crippen molar-refractivity contribution in [1.29, 1.82) is 0 Å². The number of aldehydes is 1. The molecule has 4 heteroatoms. The van der Waals surface area contributed by atoms with Gasteiger partial charge in [0.15, 0.2) is 0 Å². The molecule has 0 bridgehead atoms. The number of allylic oxidation sites excluding steroid dienone is 1. The zero-order valence-corrected chi connectivity index (χ0v) is 9.41. The monoisotopic (exact) mass is 213 g/mol. The van der Waals surface area contributed by atoms with Gasteiger partial charge in [-0.25, -0.2) is 4.79 Å². The lowest BCUT2D eigenvalue weighted by molar-refractivity contribution is -0.107. The number of carbonyl (C=O) groups is 2. The van der Waals surface area contributed by atoms with Gasteiger partial charge in [-0.15, -0.1) is 0 Å². The number of carbonyl (C=O) groups excluding carboxylic acids is 2. The van der Waals surface area contributed by atoms with Gasteiger partial charge >= 0.3 is 6.09 Å². The molecule has 0 saturated carbocycles. The molecule has 0 spiro atoms. The maximum Gasteiger partial charge on any atom is 0.407 e. The molecule has 0 saturated heterocycles. The normalized spacial score (nSPS) is 10.9. The van der Waals surface area contributed by atoms with E-state index >= 15 is 0 Å². The highest BCUT2D eigenvalue weighted by Gasteiger charge is 1.99. The predicted molar refractivity (Wildman–Crippen MR) is 58.7 cm³/mol. The van der Waals surface area contributed by atoms with Gasteiger partial charge < -0.3 is 14.8 Å². The molecule has 0 aliphatic heterocycles. The second-order valence-corrected chi connectivity index (χ2v) is 3.23. The van der Waals surface area contributed by atoms with E-state index in [9.17, 15) is 9.59 Å². The van der Waals surface area contributed by atoms with E-state index in [1.165, 1.54) is 5.57 Å². The summed E-state index contributed by atoms with van der Waals surface area (Å²) in [6.07, 6.45) is 4.49. The van der Waals surface area contributed by atoms with Crippen LogP contribution in [-0.2, 0) is 9.53 Å². The fraction of sp³-hybridized carbons (Fsp3) is 0.636. The molecule has 0 aliphatic rings. The Morgan fingerprint density at radius 1 is 1.47 bits per heavy atom. The molecule has 0 aromatic carbocycles. The summed E-state index contributed by atoms with van der Waals surface area (Å²) in [6, 6.07) is 0. The summed E-state index contributed by atoms with van der Waals surface area (Å²) in [6.45, 7) is 4.80. The molecule has 0 fully saturated rings. The fourth-order valence-corrected chi connectivity index (χ4v) is 1.04. The quantitative estimate of drug-likeness (QED) is 0.400. The van der Waals surface area contributed by atoms with E-state index in [4.69, 9.17) is 4.74 Å². The van der Waals surface area contributed by atoms with Gasteiger partial charge in [-0.1, -0.05) is 18.6 Å². The minimum atomic E-state index is -0.457. The van der Waals surface area contributed by atoms with Crippen LogP contribution in [-0.4, -0.2) is 25.5 Å². The average molecular weight is 213 g/mol. The highest BCUT2D eigenvalue weighted by atomic mass is 16.5. The van der Waals surface area contributed by atoms with Crippen LogP contribution in [0.2, 0.25) is 0 Å². The number of amides is 1.